The van der Waals surface area contributed by atoms with Crippen molar-refractivity contribution in [1.29, 1.82) is 0 Å². The predicted molar refractivity (Wildman–Crippen MR) is 53.9 cm³/mol. The zero-order chi connectivity index (χ0) is 9.26. The van der Waals surface area contributed by atoms with Crippen LogP contribution in [0.15, 0.2) is 24.4 Å². The van der Waals surface area contributed by atoms with E-state index in [-0.39, 0.29) is 6.04 Å². The van der Waals surface area contributed by atoms with Crippen molar-refractivity contribution in [2.75, 3.05) is 0 Å². The standard InChI is InChI=1S/C8H8ClN3S/c9-7-2-1-6(13-7)8(10)5-3-4-11-12-5/h1-4,8H,10H2,(H,11,12). The Bertz CT molecular complexity index is 382. The largest absolute Gasteiger partial charge is 0.318 e. The summed E-state index contributed by atoms with van der Waals surface area (Å²) < 4.78 is 0.755. The highest BCUT2D eigenvalue weighted by Gasteiger charge is 2.11. The van der Waals surface area contributed by atoms with E-state index in [9.17, 15) is 0 Å². The summed E-state index contributed by atoms with van der Waals surface area (Å²) in [5.74, 6) is 0. The Labute approximate surface area is 84.5 Å². The minimum atomic E-state index is -0.153. The lowest BCUT2D eigenvalue weighted by Gasteiger charge is -2.05. The van der Waals surface area contributed by atoms with Crippen LogP contribution in [0.5, 0.6) is 0 Å². The van der Waals surface area contributed by atoms with Gasteiger partial charge < -0.3 is 5.73 Å². The smallest absolute Gasteiger partial charge is 0.0931 e. The lowest BCUT2D eigenvalue weighted by molar-refractivity contribution is 0.832. The van der Waals surface area contributed by atoms with Crippen molar-refractivity contribution < 1.29 is 0 Å². The van der Waals surface area contributed by atoms with Crippen LogP contribution < -0.4 is 5.73 Å². The average molecular weight is 214 g/mol. The molecule has 1 atom stereocenters. The minimum absolute atomic E-state index is 0.153. The van der Waals surface area contributed by atoms with Crippen LogP contribution >= 0.6 is 22.9 Å². The molecular formula is C8H8ClN3S. The molecule has 2 aromatic heterocycles. The number of aromatic amines is 1. The van der Waals surface area contributed by atoms with Gasteiger partial charge in [-0.15, -0.1) is 11.3 Å². The fraction of sp³-hybridized carbons (Fsp3) is 0.125. The Kier molecular flexibility index (Phi) is 2.35. The lowest BCUT2D eigenvalue weighted by atomic mass is 10.2. The monoisotopic (exact) mass is 213 g/mol. The Morgan fingerprint density at radius 1 is 1.46 bits per heavy atom. The van der Waals surface area contributed by atoms with Gasteiger partial charge in [-0.3, -0.25) is 5.10 Å². The molecule has 0 aromatic carbocycles. The zero-order valence-electron chi connectivity index (χ0n) is 6.70. The van der Waals surface area contributed by atoms with Crippen molar-refractivity contribution in [1.82, 2.24) is 10.2 Å². The number of aromatic nitrogens is 2. The summed E-state index contributed by atoms with van der Waals surface area (Å²) in [6, 6.07) is 5.48. The molecule has 0 bridgehead atoms. The van der Waals surface area contributed by atoms with Crippen LogP contribution in [0.2, 0.25) is 4.34 Å². The van der Waals surface area contributed by atoms with Crippen molar-refractivity contribution >= 4 is 22.9 Å². The number of nitrogens with two attached hydrogens (primary N) is 1. The fourth-order valence-electron chi connectivity index (χ4n) is 1.09. The van der Waals surface area contributed by atoms with Crippen LogP contribution in [0.1, 0.15) is 16.6 Å². The summed E-state index contributed by atoms with van der Waals surface area (Å²) in [5, 5.41) is 6.68. The molecule has 0 spiro atoms. The summed E-state index contributed by atoms with van der Waals surface area (Å²) in [7, 11) is 0. The molecule has 0 aliphatic rings. The molecular weight excluding hydrogens is 206 g/mol. The SMILES string of the molecule is NC(c1ccn[nH]1)c1ccc(Cl)s1. The third-order valence-electron chi connectivity index (χ3n) is 1.76. The van der Waals surface area contributed by atoms with E-state index in [1.165, 1.54) is 11.3 Å². The molecule has 13 heavy (non-hydrogen) atoms. The lowest BCUT2D eigenvalue weighted by Crippen LogP contribution is -2.10. The van der Waals surface area contributed by atoms with Gasteiger partial charge in [-0.05, 0) is 18.2 Å². The second-order valence-electron chi connectivity index (χ2n) is 2.63. The first-order chi connectivity index (χ1) is 6.27. The molecule has 3 nitrogen and oxygen atoms in total. The Hall–Kier alpha value is -0.840. The summed E-state index contributed by atoms with van der Waals surface area (Å²) in [6.07, 6.45) is 1.68. The molecule has 0 saturated heterocycles. The Morgan fingerprint density at radius 3 is 2.85 bits per heavy atom. The third kappa shape index (κ3) is 1.75. The number of hydrogen-bond donors (Lipinski definition) is 2. The highest BCUT2D eigenvalue weighted by molar-refractivity contribution is 7.16. The van der Waals surface area contributed by atoms with E-state index in [0.29, 0.717) is 0 Å². The van der Waals surface area contributed by atoms with E-state index in [0.717, 1.165) is 14.9 Å². The van der Waals surface area contributed by atoms with E-state index in [1.807, 2.05) is 18.2 Å². The van der Waals surface area contributed by atoms with E-state index in [2.05, 4.69) is 10.2 Å². The normalized spacial score (nSPS) is 13.1. The van der Waals surface area contributed by atoms with E-state index in [4.69, 9.17) is 17.3 Å². The molecule has 5 heteroatoms. The Balaban J connectivity index is 2.28. The van der Waals surface area contributed by atoms with Gasteiger partial charge in [-0.25, -0.2) is 0 Å². The van der Waals surface area contributed by atoms with Gasteiger partial charge in [0.25, 0.3) is 0 Å². The first kappa shape index (κ1) is 8.74. The van der Waals surface area contributed by atoms with Crippen molar-refractivity contribution in [3.63, 3.8) is 0 Å². The van der Waals surface area contributed by atoms with Gasteiger partial charge in [0.2, 0.25) is 0 Å². The predicted octanol–water partition coefficient (Wildman–Crippen LogP) is 2.17. The second-order valence-corrected chi connectivity index (χ2v) is 4.38. The molecule has 0 radical (unpaired) electrons. The van der Waals surface area contributed by atoms with Crippen molar-refractivity contribution in [3.8, 4) is 0 Å². The first-order valence-corrected chi connectivity index (χ1v) is 4.97. The number of hydrogen-bond acceptors (Lipinski definition) is 3. The van der Waals surface area contributed by atoms with Crippen molar-refractivity contribution in [2.24, 2.45) is 5.73 Å². The molecule has 0 saturated carbocycles. The molecule has 2 aromatic rings. The maximum atomic E-state index is 5.95. The van der Waals surface area contributed by atoms with Gasteiger partial charge in [0.05, 0.1) is 16.1 Å². The highest BCUT2D eigenvalue weighted by Crippen LogP contribution is 2.28. The van der Waals surface area contributed by atoms with Gasteiger partial charge in [0.1, 0.15) is 0 Å². The van der Waals surface area contributed by atoms with Crippen LogP contribution in [0.25, 0.3) is 0 Å². The summed E-state index contributed by atoms with van der Waals surface area (Å²) >= 11 is 7.29. The van der Waals surface area contributed by atoms with Gasteiger partial charge in [0.15, 0.2) is 0 Å². The number of H-pyrrole nitrogens is 1. The molecule has 68 valence electrons. The maximum Gasteiger partial charge on any atom is 0.0931 e. The summed E-state index contributed by atoms with van der Waals surface area (Å²) in [5.41, 5.74) is 6.86. The van der Waals surface area contributed by atoms with Gasteiger partial charge >= 0.3 is 0 Å². The molecule has 0 aliphatic heterocycles. The molecule has 2 heterocycles. The van der Waals surface area contributed by atoms with E-state index < -0.39 is 0 Å². The summed E-state index contributed by atoms with van der Waals surface area (Å²) in [6.45, 7) is 0. The van der Waals surface area contributed by atoms with Crippen molar-refractivity contribution in [2.45, 2.75) is 6.04 Å². The fourth-order valence-corrected chi connectivity index (χ4v) is 2.17. The maximum absolute atomic E-state index is 5.95. The molecule has 0 amide bonds. The van der Waals surface area contributed by atoms with Crippen LogP contribution in [-0.2, 0) is 0 Å². The van der Waals surface area contributed by atoms with Crippen LogP contribution in [-0.4, -0.2) is 10.2 Å². The molecule has 0 fully saturated rings. The van der Waals surface area contributed by atoms with Crippen LogP contribution in [0.3, 0.4) is 0 Å². The summed E-state index contributed by atoms with van der Waals surface area (Å²) in [4.78, 5) is 1.04. The Morgan fingerprint density at radius 2 is 2.31 bits per heavy atom. The second kappa shape index (κ2) is 3.49. The average Bonchev–Trinajstić information content (AvgIpc) is 2.72. The van der Waals surface area contributed by atoms with Gasteiger partial charge in [-0.2, -0.15) is 5.10 Å². The van der Waals surface area contributed by atoms with E-state index >= 15 is 0 Å². The highest BCUT2D eigenvalue weighted by atomic mass is 35.5. The van der Waals surface area contributed by atoms with E-state index in [1.54, 1.807) is 6.20 Å². The van der Waals surface area contributed by atoms with Gasteiger partial charge in [0, 0.05) is 11.1 Å². The topological polar surface area (TPSA) is 54.7 Å². The molecule has 0 aliphatic carbocycles. The number of rotatable bonds is 2. The van der Waals surface area contributed by atoms with Crippen LogP contribution in [0, 0.1) is 0 Å². The molecule has 2 rings (SSSR count). The number of nitrogens with one attached hydrogen (secondary N) is 1. The zero-order valence-corrected chi connectivity index (χ0v) is 8.27. The van der Waals surface area contributed by atoms with Crippen LogP contribution in [0.4, 0.5) is 0 Å². The van der Waals surface area contributed by atoms with Crippen molar-refractivity contribution in [3.05, 3.63) is 39.3 Å². The number of halogens is 1. The quantitative estimate of drug-likeness (QED) is 0.804. The number of nitrogens with zero attached hydrogens (tertiary/aromatic N) is 1. The molecule has 3 N–H and O–H groups in total. The minimum Gasteiger partial charge on any atom is -0.318 e. The third-order valence-corrected chi connectivity index (χ3v) is 3.07. The van der Waals surface area contributed by atoms with Gasteiger partial charge in [-0.1, -0.05) is 11.6 Å². The first-order valence-electron chi connectivity index (χ1n) is 3.77. The number of thiophene rings is 1. The molecule has 1 unspecified atom stereocenters.